The van der Waals surface area contributed by atoms with Crippen molar-refractivity contribution in [2.24, 2.45) is 0 Å². The molecule has 0 aliphatic rings. The number of ether oxygens (including phenoxy) is 2. The summed E-state index contributed by atoms with van der Waals surface area (Å²) < 4.78 is 11.2. The van der Waals surface area contributed by atoms with E-state index in [4.69, 9.17) is 15.2 Å². The Labute approximate surface area is 104 Å². The third-order valence-corrected chi connectivity index (χ3v) is 2.71. The molecule has 0 amide bonds. The van der Waals surface area contributed by atoms with Gasteiger partial charge in [-0.2, -0.15) is 0 Å². The second-order valence-electron chi connectivity index (χ2n) is 3.43. The Bertz CT molecular complexity index is 485. The summed E-state index contributed by atoms with van der Waals surface area (Å²) in [4.78, 5) is 4.05. The molecule has 2 N–H and O–H groups in total. The predicted octanol–water partition coefficient (Wildman–Crippen LogP) is 3.31. The second kappa shape index (κ2) is 5.54. The van der Waals surface area contributed by atoms with E-state index in [1.165, 1.54) is 11.3 Å². The highest BCUT2D eigenvalue weighted by Crippen LogP contribution is 2.33. The molecular formula is C12H14N2O2S. The van der Waals surface area contributed by atoms with E-state index in [0.29, 0.717) is 22.6 Å². The van der Waals surface area contributed by atoms with Gasteiger partial charge in [-0.3, -0.25) is 0 Å². The maximum absolute atomic E-state index is 5.63. The second-order valence-corrected chi connectivity index (χ2v) is 4.45. The summed E-state index contributed by atoms with van der Waals surface area (Å²) in [5, 5.41) is 1.15. The van der Waals surface area contributed by atoms with Gasteiger partial charge in [0.1, 0.15) is 5.00 Å². The number of nitrogens with zero attached hydrogens (tertiary/aromatic N) is 1. The zero-order valence-corrected chi connectivity index (χ0v) is 10.4. The molecule has 0 radical (unpaired) electrons. The van der Waals surface area contributed by atoms with E-state index in [9.17, 15) is 0 Å². The fourth-order valence-corrected chi connectivity index (χ4v) is 1.82. The Balaban J connectivity index is 2.14. The van der Waals surface area contributed by atoms with E-state index in [1.807, 2.05) is 24.3 Å². The topological polar surface area (TPSA) is 57.4 Å². The molecule has 0 unspecified atom stereocenters. The van der Waals surface area contributed by atoms with E-state index in [0.717, 1.165) is 12.2 Å². The van der Waals surface area contributed by atoms with Crippen LogP contribution in [-0.2, 0) is 0 Å². The van der Waals surface area contributed by atoms with Crippen molar-refractivity contribution in [3.05, 3.63) is 30.5 Å². The molecule has 5 heteroatoms. The van der Waals surface area contributed by atoms with Crippen LogP contribution in [0.2, 0.25) is 0 Å². The monoisotopic (exact) mass is 250 g/mol. The van der Waals surface area contributed by atoms with Crippen LogP contribution >= 0.6 is 11.3 Å². The summed E-state index contributed by atoms with van der Waals surface area (Å²) >= 11 is 1.30. The Morgan fingerprint density at radius 3 is 2.71 bits per heavy atom. The number of hydrogen-bond donors (Lipinski definition) is 1. The van der Waals surface area contributed by atoms with Gasteiger partial charge >= 0.3 is 0 Å². The lowest BCUT2D eigenvalue weighted by atomic mass is 10.3. The largest absolute Gasteiger partial charge is 0.490 e. The zero-order chi connectivity index (χ0) is 12.1. The summed E-state index contributed by atoms with van der Waals surface area (Å²) in [6.07, 6.45) is 2.54. The summed E-state index contributed by atoms with van der Waals surface area (Å²) in [6.45, 7) is 2.73. The highest BCUT2D eigenvalue weighted by atomic mass is 32.1. The smallest absolute Gasteiger partial charge is 0.280 e. The van der Waals surface area contributed by atoms with Crippen LogP contribution in [0.25, 0.3) is 0 Å². The molecule has 0 atom stereocenters. The van der Waals surface area contributed by atoms with Gasteiger partial charge in [0.15, 0.2) is 11.5 Å². The van der Waals surface area contributed by atoms with Crippen LogP contribution in [0.15, 0.2) is 30.5 Å². The maximum Gasteiger partial charge on any atom is 0.280 e. The van der Waals surface area contributed by atoms with Crippen molar-refractivity contribution in [1.29, 1.82) is 0 Å². The fraction of sp³-hybridized carbons (Fsp3) is 0.250. The molecule has 0 saturated heterocycles. The van der Waals surface area contributed by atoms with E-state index in [1.54, 1.807) is 6.20 Å². The van der Waals surface area contributed by atoms with Crippen molar-refractivity contribution in [3.8, 4) is 16.7 Å². The van der Waals surface area contributed by atoms with Gasteiger partial charge in [0.2, 0.25) is 0 Å². The predicted molar refractivity (Wildman–Crippen MR) is 68.8 cm³/mol. The van der Waals surface area contributed by atoms with Crippen LogP contribution in [0.3, 0.4) is 0 Å². The number of para-hydroxylation sites is 2. The van der Waals surface area contributed by atoms with Gasteiger partial charge in [0.05, 0.1) is 12.8 Å². The molecule has 4 nitrogen and oxygen atoms in total. The zero-order valence-electron chi connectivity index (χ0n) is 9.55. The van der Waals surface area contributed by atoms with Crippen molar-refractivity contribution in [2.75, 3.05) is 12.3 Å². The first kappa shape index (κ1) is 11.7. The van der Waals surface area contributed by atoms with Gasteiger partial charge in [-0.05, 0) is 18.6 Å². The Hall–Kier alpha value is -1.75. The lowest BCUT2D eigenvalue weighted by molar-refractivity contribution is 0.302. The van der Waals surface area contributed by atoms with Gasteiger partial charge in [-0.15, -0.1) is 0 Å². The molecule has 17 heavy (non-hydrogen) atoms. The number of rotatable bonds is 5. The number of aromatic nitrogens is 1. The van der Waals surface area contributed by atoms with Crippen LogP contribution in [0.1, 0.15) is 13.3 Å². The molecule has 0 aliphatic heterocycles. The summed E-state index contributed by atoms with van der Waals surface area (Å²) in [5.41, 5.74) is 5.60. The molecule has 0 fully saturated rings. The summed E-state index contributed by atoms with van der Waals surface area (Å²) in [5.74, 6) is 1.39. The Morgan fingerprint density at radius 1 is 1.29 bits per heavy atom. The third kappa shape index (κ3) is 3.10. The van der Waals surface area contributed by atoms with Gasteiger partial charge < -0.3 is 15.2 Å². The molecule has 0 saturated carbocycles. The minimum Gasteiger partial charge on any atom is -0.490 e. The minimum absolute atomic E-state index is 0.523. The number of thiazole rings is 1. The first-order valence-corrected chi connectivity index (χ1v) is 6.22. The first-order chi connectivity index (χ1) is 8.29. The quantitative estimate of drug-likeness (QED) is 0.884. The Morgan fingerprint density at radius 2 is 2.06 bits per heavy atom. The van der Waals surface area contributed by atoms with E-state index < -0.39 is 0 Å². The molecule has 2 aromatic rings. The van der Waals surface area contributed by atoms with Crippen molar-refractivity contribution in [1.82, 2.24) is 4.98 Å². The van der Waals surface area contributed by atoms with Crippen molar-refractivity contribution >= 4 is 16.3 Å². The van der Waals surface area contributed by atoms with Crippen LogP contribution in [0.5, 0.6) is 16.7 Å². The molecule has 0 spiro atoms. The average Bonchev–Trinajstić information content (AvgIpc) is 2.74. The van der Waals surface area contributed by atoms with Crippen LogP contribution in [-0.4, -0.2) is 11.6 Å². The third-order valence-electron chi connectivity index (χ3n) is 2.01. The standard InChI is InChI=1S/C12H14N2O2S/c1-2-7-15-9-5-3-4-6-10(9)16-12-14-8-11(13)17-12/h3-6,8H,2,7,13H2,1H3. The van der Waals surface area contributed by atoms with E-state index in [-0.39, 0.29) is 0 Å². The minimum atomic E-state index is 0.523. The summed E-state index contributed by atoms with van der Waals surface area (Å²) in [6, 6.07) is 7.53. The highest BCUT2D eigenvalue weighted by Gasteiger charge is 2.07. The molecule has 1 aromatic carbocycles. The van der Waals surface area contributed by atoms with Crippen LogP contribution in [0, 0.1) is 0 Å². The lowest BCUT2D eigenvalue weighted by Gasteiger charge is -2.09. The van der Waals surface area contributed by atoms with Crippen molar-refractivity contribution in [2.45, 2.75) is 13.3 Å². The van der Waals surface area contributed by atoms with E-state index in [2.05, 4.69) is 11.9 Å². The first-order valence-electron chi connectivity index (χ1n) is 5.40. The van der Waals surface area contributed by atoms with Gasteiger partial charge in [-0.1, -0.05) is 30.4 Å². The molecule has 1 aromatic heterocycles. The average molecular weight is 250 g/mol. The number of nitrogen functional groups attached to an aromatic ring is 1. The normalized spacial score (nSPS) is 10.2. The van der Waals surface area contributed by atoms with Crippen LogP contribution in [0.4, 0.5) is 5.00 Å². The molecule has 1 heterocycles. The fourth-order valence-electron chi connectivity index (χ4n) is 1.28. The van der Waals surface area contributed by atoms with Gasteiger partial charge in [0.25, 0.3) is 5.19 Å². The molecule has 2 rings (SSSR count). The highest BCUT2D eigenvalue weighted by molar-refractivity contribution is 7.17. The molecule has 0 bridgehead atoms. The number of nitrogens with two attached hydrogens (primary N) is 1. The molecule has 90 valence electrons. The van der Waals surface area contributed by atoms with Gasteiger partial charge in [0, 0.05) is 0 Å². The molecule has 0 aliphatic carbocycles. The van der Waals surface area contributed by atoms with Crippen LogP contribution < -0.4 is 15.2 Å². The van der Waals surface area contributed by atoms with Crippen molar-refractivity contribution in [3.63, 3.8) is 0 Å². The Kier molecular flexibility index (Phi) is 3.82. The number of benzene rings is 1. The number of hydrogen-bond acceptors (Lipinski definition) is 5. The lowest BCUT2D eigenvalue weighted by Crippen LogP contribution is -1.96. The van der Waals surface area contributed by atoms with Gasteiger partial charge in [-0.25, -0.2) is 4.98 Å². The summed E-state index contributed by atoms with van der Waals surface area (Å²) in [7, 11) is 0. The van der Waals surface area contributed by atoms with E-state index >= 15 is 0 Å². The van der Waals surface area contributed by atoms with Crippen molar-refractivity contribution < 1.29 is 9.47 Å². The SMILES string of the molecule is CCCOc1ccccc1Oc1ncc(N)s1. The maximum atomic E-state index is 5.63. The molecular weight excluding hydrogens is 236 g/mol. The number of anilines is 1.